The Bertz CT molecular complexity index is 1050. The van der Waals surface area contributed by atoms with Crippen LogP contribution in [-0.2, 0) is 25.9 Å². The minimum absolute atomic E-state index is 0.0187. The van der Waals surface area contributed by atoms with Gasteiger partial charge in [-0.2, -0.15) is 0 Å². The number of nitrogens with zero attached hydrogens (tertiary/aromatic N) is 3. The van der Waals surface area contributed by atoms with Gasteiger partial charge in [0.05, 0.1) is 18.5 Å². The van der Waals surface area contributed by atoms with Gasteiger partial charge in [0.25, 0.3) is 5.56 Å². The second kappa shape index (κ2) is 8.13. The van der Waals surface area contributed by atoms with Crippen LogP contribution in [0.5, 0.6) is 0 Å². The molecular formula is C22H26FN3OS. The molecule has 0 saturated heterocycles. The van der Waals surface area contributed by atoms with Crippen LogP contribution >= 0.6 is 11.3 Å². The van der Waals surface area contributed by atoms with Crippen molar-refractivity contribution in [2.75, 3.05) is 13.1 Å². The van der Waals surface area contributed by atoms with Gasteiger partial charge in [0.2, 0.25) is 0 Å². The molecule has 0 saturated carbocycles. The highest BCUT2D eigenvalue weighted by molar-refractivity contribution is 7.18. The maximum atomic E-state index is 14.3. The van der Waals surface area contributed by atoms with Crippen molar-refractivity contribution in [3.8, 4) is 0 Å². The van der Waals surface area contributed by atoms with Crippen LogP contribution in [0.2, 0.25) is 0 Å². The molecule has 0 spiro atoms. The fourth-order valence-corrected chi connectivity index (χ4v) is 5.28. The Labute approximate surface area is 168 Å². The highest BCUT2D eigenvalue weighted by Crippen LogP contribution is 2.34. The second-order valence-electron chi connectivity index (χ2n) is 7.36. The predicted octanol–water partition coefficient (Wildman–Crippen LogP) is 4.37. The number of fused-ring (bicyclic) bond motifs is 3. The first-order chi connectivity index (χ1) is 13.6. The van der Waals surface area contributed by atoms with E-state index in [4.69, 9.17) is 4.98 Å². The summed E-state index contributed by atoms with van der Waals surface area (Å²) in [6.45, 7) is 6.78. The maximum Gasteiger partial charge on any atom is 0.262 e. The molecule has 4 rings (SSSR count). The Hall–Kier alpha value is -2.05. The molecule has 148 valence electrons. The minimum atomic E-state index is -0.282. The molecular weight excluding hydrogens is 373 g/mol. The summed E-state index contributed by atoms with van der Waals surface area (Å²) in [5.74, 6) is 0.443. The lowest BCUT2D eigenvalue weighted by atomic mass is 9.97. The molecule has 0 N–H and O–H groups in total. The van der Waals surface area contributed by atoms with Crippen LogP contribution in [0.25, 0.3) is 10.2 Å². The molecule has 2 heterocycles. The smallest absolute Gasteiger partial charge is 0.262 e. The Morgan fingerprint density at radius 2 is 1.93 bits per heavy atom. The van der Waals surface area contributed by atoms with Gasteiger partial charge in [-0.25, -0.2) is 9.37 Å². The number of aromatic nitrogens is 2. The van der Waals surface area contributed by atoms with Crippen molar-refractivity contribution in [2.24, 2.45) is 0 Å². The van der Waals surface area contributed by atoms with Crippen molar-refractivity contribution < 1.29 is 4.39 Å². The SMILES string of the molecule is CCN(CC)Cc1nc2sc3c(c2c(=O)n1Cc1ccccc1F)CCCC3. The van der Waals surface area contributed by atoms with Crippen LogP contribution < -0.4 is 5.56 Å². The van der Waals surface area contributed by atoms with Crippen molar-refractivity contribution in [3.05, 3.63) is 62.3 Å². The molecule has 1 aromatic carbocycles. The van der Waals surface area contributed by atoms with E-state index in [-0.39, 0.29) is 17.9 Å². The van der Waals surface area contributed by atoms with Gasteiger partial charge in [0.15, 0.2) is 0 Å². The molecule has 0 bridgehead atoms. The van der Waals surface area contributed by atoms with Gasteiger partial charge in [-0.15, -0.1) is 11.3 Å². The lowest BCUT2D eigenvalue weighted by Crippen LogP contribution is -2.31. The van der Waals surface area contributed by atoms with Crippen LogP contribution in [0.15, 0.2) is 29.1 Å². The maximum absolute atomic E-state index is 14.3. The summed E-state index contributed by atoms with van der Waals surface area (Å²) >= 11 is 1.67. The third-order valence-electron chi connectivity index (χ3n) is 5.70. The topological polar surface area (TPSA) is 38.1 Å². The van der Waals surface area contributed by atoms with E-state index in [0.717, 1.165) is 48.4 Å². The van der Waals surface area contributed by atoms with E-state index in [0.29, 0.717) is 12.1 Å². The zero-order valence-corrected chi connectivity index (χ0v) is 17.3. The van der Waals surface area contributed by atoms with E-state index >= 15 is 0 Å². The Morgan fingerprint density at radius 3 is 2.68 bits per heavy atom. The zero-order valence-electron chi connectivity index (χ0n) is 16.5. The van der Waals surface area contributed by atoms with E-state index in [1.807, 2.05) is 6.07 Å². The number of halogens is 1. The van der Waals surface area contributed by atoms with E-state index in [9.17, 15) is 9.18 Å². The largest absolute Gasteiger partial charge is 0.297 e. The molecule has 0 amide bonds. The van der Waals surface area contributed by atoms with Crippen molar-refractivity contribution in [2.45, 2.75) is 52.6 Å². The van der Waals surface area contributed by atoms with Crippen molar-refractivity contribution in [3.63, 3.8) is 0 Å². The summed E-state index contributed by atoms with van der Waals surface area (Å²) in [5, 5.41) is 0.763. The molecule has 0 aliphatic heterocycles. The summed E-state index contributed by atoms with van der Waals surface area (Å²) in [4.78, 5) is 22.9. The van der Waals surface area contributed by atoms with Gasteiger partial charge in [-0.3, -0.25) is 14.3 Å². The van der Waals surface area contributed by atoms with Gasteiger partial charge < -0.3 is 0 Å². The van der Waals surface area contributed by atoms with E-state index < -0.39 is 0 Å². The lowest BCUT2D eigenvalue weighted by Gasteiger charge is -2.20. The van der Waals surface area contributed by atoms with E-state index in [1.165, 1.54) is 22.9 Å². The van der Waals surface area contributed by atoms with Gasteiger partial charge in [-0.1, -0.05) is 32.0 Å². The molecule has 0 atom stereocenters. The third kappa shape index (κ3) is 3.51. The van der Waals surface area contributed by atoms with E-state index in [2.05, 4.69) is 18.7 Å². The average molecular weight is 400 g/mol. The number of hydrogen-bond donors (Lipinski definition) is 0. The molecule has 4 nitrogen and oxygen atoms in total. The first-order valence-electron chi connectivity index (χ1n) is 10.1. The molecule has 2 aromatic heterocycles. The molecule has 0 radical (unpaired) electrons. The molecule has 6 heteroatoms. The quantitative estimate of drug-likeness (QED) is 0.618. The normalized spacial score (nSPS) is 14.0. The first-order valence-corrected chi connectivity index (χ1v) is 10.9. The van der Waals surface area contributed by atoms with Gasteiger partial charge in [0.1, 0.15) is 16.5 Å². The molecule has 0 unspecified atom stereocenters. The van der Waals surface area contributed by atoms with Gasteiger partial charge in [0, 0.05) is 10.4 Å². The summed E-state index contributed by atoms with van der Waals surface area (Å²) < 4.78 is 16.0. The van der Waals surface area contributed by atoms with Crippen LogP contribution in [0.1, 0.15) is 48.5 Å². The zero-order chi connectivity index (χ0) is 19.7. The number of rotatable bonds is 6. The monoisotopic (exact) mass is 399 g/mol. The summed E-state index contributed by atoms with van der Waals surface area (Å²) in [5.41, 5.74) is 1.69. The summed E-state index contributed by atoms with van der Waals surface area (Å²) in [6, 6.07) is 6.68. The van der Waals surface area contributed by atoms with Crippen molar-refractivity contribution in [1.29, 1.82) is 0 Å². The van der Waals surface area contributed by atoms with Crippen molar-refractivity contribution >= 4 is 21.6 Å². The van der Waals surface area contributed by atoms with Crippen LogP contribution in [0, 0.1) is 5.82 Å². The number of thiophene rings is 1. The summed E-state index contributed by atoms with van der Waals surface area (Å²) in [6.07, 6.45) is 4.28. The van der Waals surface area contributed by atoms with Crippen LogP contribution in [-0.4, -0.2) is 27.5 Å². The highest BCUT2D eigenvalue weighted by atomic mass is 32.1. The Kier molecular flexibility index (Phi) is 5.60. The first kappa shape index (κ1) is 19.3. The summed E-state index contributed by atoms with van der Waals surface area (Å²) in [7, 11) is 0. The Balaban J connectivity index is 1.89. The second-order valence-corrected chi connectivity index (χ2v) is 8.45. The van der Waals surface area contributed by atoms with Gasteiger partial charge >= 0.3 is 0 Å². The molecule has 1 aliphatic rings. The molecule has 1 aliphatic carbocycles. The number of aryl methyl sites for hydroxylation is 2. The average Bonchev–Trinajstić information content (AvgIpc) is 3.08. The van der Waals surface area contributed by atoms with Crippen molar-refractivity contribution in [1.82, 2.24) is 14.5 Å². The predicted molar refractivity (Wildman–Crippen MR) is 113 cm³/mol. The fourth-order valence-electron chi connectivity index (χ4n) is 4.01. The standard InChI is InChI=1S/C22H26FN3OS/c1-3-25(4-2)14-19-24-21-20(16-10-6-8-12-18(16)28-21)22(27)26(19)13-15-9-5-7-11-17(15)23/h5,7,9,11H,3-4,6,8,10,12-14H2,1-2H3. The number of benzene rings is 1. The highest BCUT2D eigenvalue weighted by Gasteiger charge is 2.23. The fraction of sp³-hybridized carbons (Fsp3) is 0.455. The van der Waals surface area contributed by atoms with Crippen LogP contribution in [0.3, 0.4) is 0 Å². The molecule has 0 fully saturated rings. The van der Waals surface area contributed by atoms with E-state index in [1.54, 1.807) is 28.0 Å². The molecule has 28 heavy (non-hydrogen) atoms. The molecule has 3 aromatic rings. The number of hydrogen-bond acceptors (Lipinski definition) is 4. The van der Waals surface area contributed by atoms with Gasteiger partial charge in [-0.05, 0) is 50.4 Å². The van der Waals surface area contributed by atoms with Crippen LogP contribution in [0.4, 0.5) is 4.39 Å². The minimum Gasteiger partial charge on any atom is -0.297 e. The lowest BCUT2D eigenvalue weighted by molar-refractivity contribution is 0.282. The third-order valence-corrected chi connectivity index (χ3v) is 6.89. The Morgan fingerprint density at radius 1 is 1.18 bits per heavy atom.